The third-order valence-electron chi connectivity index (χ3n) is 8.53. The number of piperazine rings is 1. The zero-order chi connectivity index (χ0) is 29.4. The van der Waals surface area contributed by atoms with Crippen molar-refractivity contribution in [3.8, 4) is 12.1 Å². The number of nitriles is 2. The fourth-order valence-electron chi connectivity index (χ4n) is 6.27. The molecular weight excluding hydrogens is 532 g/mol. The molecule has 3 amide bonds. The first-order valence-electron chi connectivity index (χ1n) is 14.3. The first-order valence-corrected chi connectivity index (χ1v) is 14.3. The van der Waals surface area contributed by atoms with Crippen molar-refractivity contribution < 1.29 is 9.59 Å². The van der Waals surface area contributed by atoms with E-state index in [9.17, 15) is 9.59 Å². The highest BCUT2D eigenvalue weighted by Gasteiger charge is 2.50. The van der Waals surface area contributed by atoms with E-state index in [1.165, 1.54) is 6.33 Å². The number of aryl methyl sites for hydroxylation is 1. The van der Waals surface area contributed by atoms with E-state index in [2.05, 4.69) is 53.6 Å². The lowest BCUT2D eigenvalue weighted by Gasteiger charge is -2.36. The summed E-state index contributed by atoms with van der Waals surface area (Å²) in [5.74, 6) is 0.439. The van der Waals surface area contributed by atoms with Crippen molar-refractivity contribution in [2.45, 2.75) is 39.3 Å². The summed E-state index contributed by atoms with van der Waals surface area (Å²) in [5, 5.41) is 24.9. The predicted octanol–water partition coefficient (Wildman–Crippen LogP) is 3.20. The molecule has 2 N–H and O–H groups in total. The van der Waals surface area contributed by atoms with Crippen LogP contribution in [0.1, 0.15) is 41.5 Å². The van der Waals surface area contributed by atoms with Gasteiger partial charge in [0.2, 0.25) is 0 Å². The largest absolute Gasteiger partial charge is 0.368 e. The number of nitrogens with one attached hydrogen (secondary N) is 2. The van der Waals surface area contributed by atoms with Crippen LogP contribution in [-0.4, -0.2) is 70.6 Å². The Labute approximate surface area is 244 Å². The zero-order valence-electron chi connectivity index (χ0n) is 23.7. The number of carbonyl (C=O) groups excluding carboxylic acids is 2. The normalized spacial score (nSPS) is 21.4. The number of nitrogens with zero attached hydrogens (tertiary/aromatic N) is 8. The van der Waals surface area contributed by atoms with Crippen LogP contribution in [0.3, 0.4) is 0 Å². The molecule has 0 bridgehead atoms. The van der Waals surface area contributed by atoms with Crippen LogP contribution < -0.4 is 20.4 Å². The van der Waals surface area contributed by atoms with Crippen molar-refractivity contribution in [2.75, 3.05) is 47.8 Å². The van der Waals surface area contributed by atoms with E-state index in [4.69, 9.17) is 10.5 Å². The summed E-state index contributed by atoms with van der Waals surface area (Å²) in [6, 6.07) is 11.8. The lowest BCUT2D eigenvalue weighted by molar-refractivity contribution is 0.0942. The Bertz CT molecular complexity index is 1610. The summed E-state index contributed by atoms with van der Waals surface area (Å²) in [6.07, 6.45) is 2.18. The number of amides is 3. The molecule has 0 spiro atoms. The van der Waals surface area contributed by atoms with Gasteiger partial charge in [-0.25, -0.2) is 19.7 Å². The summed E-state index contributed by atoms with van der Waals surface area (Å²) in [4.78, 5) is 45.2. The Kier molecular flexibility index (Phi) is 7.31. The molecule has 3 aromatic rings. The molecule has 12 heteroatoms. The molecule has 12 nitrogen and oxygen atoms in total. The van der Waals surface area contributed by atoms with E-state index < -0.39 is 0 Å². The summed E-state index contributed by atoms with van der Waals surface area (Å²) in [7, 11) is 0. The van der Waals surface area contributed by atoms with Crippen LogP contribution in [0, 0.1) is 41.4 Å². The van der Waals surface area contributed by atoms with Crippen molar-refractivity contribution in [1.29, 1.82) is 10.5 Å². The van der Waals surface area contributed by atoms with E-state index in [1.54, 1.807) is 11.0 Å². The average molecular weight is 565 g/mol. The molecule has 1 saturated heterocycles. The van der Waals surface area contributed by atoms with Gasteiger partial charge >= 0.3 is 6.03 Å². The van der Waals surface area contributed by atoms with Gasteiger partial charge in [0.25, 0.3) is 5.91 Å². The van der Waals surface area contributed by atoms with Gasteiger partial charge in [0.15, 0.2) is 0 Å². The number of urea groups is 1. The highest BCUT2D eigenvalue weighted by Crippen LogP contribution is 2.44. The molecule has 6 rings (SSSR count). The SMILES string of the molecule is CCN1C(=O)Nc2cc(CN3CCN(c4ccc(C(=O)NC5C(CC#N)C5CC#N)nc4C)CC3)cc3ncnc1c23. The van der Waals surface area contributed by atoms with Gasteiger partial charge < -0.3 is 15.5 Å². The van der Waals surface area contributed by atoms with Crippen LogP contribution in [0.25, 0.3) is 10.9 Å². The summed E-state index contributed by atoms with van der Waals surface area (Å²) >= 11 is 0. The highest BCUT2D eigenvalue weighted by atomic mass is 16.2. The highest BCUT2D eigenvalue weighted by molar-refractivity contribution is 6.17. The van der Waals surface area contributed by atoms with Crippen LogP contribution in [-0.2, 0) is 6.54 Å². The van der Waals surface area contributed by atoms with E-state index in [0.717, 1.165) is 66.3 Å². The maximum absolute atomic E-state index is 12.9. The molecule has 2 aliphatic heterocycles. The van der Waals surface area contributed by atoms with Crippen molar-refractivity contribution in [3.05, 3.63) is 47.5 Å². The van der Waals surface area contributed by atoms with Crippen LogP contribution in [0.5, 0.6) is 0 Å². The Hall–Kier alpha value is -4.81. The smallest absolute Gasteiger partial charge is 0.327 e. The van der Waals surface area contributed by atoms with Gasteiger partial charge in [-0.15, -0.1) is 0 Å². The quantitative estimate of drug-likeness (QED) is 0.420. The fraction of sp³-hybridized carbons (Fsp3) is 0.433. The molecule has 3 aliphatic rings. The van der Waals surface area contributed by atoms with E-state index in [0.29, 0.717) is 30.9 Å². The lowest BCUT2D eigenvalue weighted by Crippen LogP contribution is -2.46. The van der Waals surface area contributed by atoms with Crippen molar-refractivity contribution in [3.63, 3.8) is 0 Å². The number of anilines is 3. The molecule has 4 heterocycles. The van der Waals surface area contributed by atoms with Gasteiger partial charge in [-0.2, -0.15) is 10.5 Å². The van der Waals surface area contributed by atoms with Crippen LogP contribution in [0.4, 0.5) is 22.0 Å². The molecule has 214 valence electrons. The summed E-state index contributed by atoms with van der Waals surface area (Å²) in [6.45, 7) is 8.43. The van der Waals surface area contributed by atoms with Gasteiger partial charge in [0.05, 0.1) is 40.1 Å². The van der Waals surface area contributed by atoms with Crippen LogP contribution >= 0.6 is 0 Å². The maximum Gasteiger partial charge on any atom is 0.327 e. The van der Waals surface area contributed by atoms with Gasteiger partial charge in [-0.1, -0.05) is 0 Å². The predicted molar refractivity (Wildman–Crippen MR) is 157 cm³/mol. The Morgan fingerprint density at radius 3 is 2.50 bits per heavy atom. The van der Waals surface area contributed by atoms with E-state index >= 15 is 0 Å². The standard InChI is InChI=1S/C30H32N10O2/c1-3-40-28-26-23(33-17-34-28)14-19(15-24(26)36-30(40)42)16-38-10-12-39(13-11-38)25-5-4-22(35-18(25)2)29(41)37-27-20(6-8-31)21(27)7-9-32/h4-5,14-15,17,20-21,27H,3,6-7,10-13,16H2,1-2H3,(H,36,42)(H,37,41). The fourth-order valence-corrected chi connectivity index (χ4v) is 6.27. The summed E-state index contributed by atoms with van der Waals surface area (Å²) in [5.41, 5.74) is 4.78. The second-order valence-electron chi connectivity index (χ2n) is 11.0. The number of hydrogen-bond acceptors (Lipinski definition) is 9. The first-order chi connectivity index (χ1) is 20.4. The molecule has 2 aromatic heterocycles. The van der Waals surface area contributed by atoms with E-state index in [1.807, 2.05) is 26.0 Å². The molecule has 0 radical (unpaired) electrons. The van der Waals surface area contributed by atoms with E-state index in [-0.39, 0.29) is 29.8 Å². The molecule has 42 heavy (non-hydrogen) atoms. The average Bonchev–Trinajstić information content (AvgIpc) is 3.62. The molecule has 2 fully saturated rings. The van der Waals surface area contributed by atoms with Gasteiger partial charge in [0, 0.05) is 58.2 Å². The third-order valence-corrected chi connectivity index (χ3v) is 8.53. The van der Waals surface area contributed by atoms with Crippen molar-refractivity contribution in [2.24, 2.45) is 11.8 Å². The zero-order valence-corrected chi connectivity index (χ0v) is 23.7. The van der Waals surface area contributed by atoms with Crippen LogP contribution in [0.15, 0.2) is 30.6 Å². The Morgan fingerprint density at radius 1 is 1.10 bits per heavy atom. The summed E-state index contributed by atoms with van der Waals surface area (Å²) < 4.78 is 0. The minimum absolute atomic E-state index is 0.0316. The second kappa shape index (κ2) is 11.2. The second-order valence-corrected chi connectivity index (χ2v) is 11.0. The van der Waals surface area contributed by atoms with Crippen LogP contribution in [0.2, 0.25) is 0 Å². The minimum atomic E-state index is -0.270. The number of pyridine rings is 1. The maximum atomic E-state index is 12.9. The molecular formula is C30H32N10O2. The van der Waals surface area contributed by atoms with Gasteiger partial charge in [-0.05, 0) is 55.5 Å². The third kappa shape index (κ3) is 5.06. The van der Waals surface area contributed by atoms with Gasteiger partial charge in [-0.3, -0.25) is 14.6 Å². The topological polar surface area (TPSA) is 154 Å². The molecule has 1 saturated carbocycles. The lowest BCUT2D eigenvalue weighted by atomic mass is 10.1. The first kappa shape index (κ1) is 27.4. The number of rotatable bonds is 8. The molecule has 1 aromatic carbocycles. The molecule has 2 atom stereocenters. The molecule has 2 unspecified atom stereocenters. The van der Waals surface area contributed by atoms with Gasteiger partial charge in [0.1, 0.15) is 17.8 Å². The Morgan fingerprint density at radius 2 is 1.83 bits per heavy atom. The monoisotopic (exact) mass is 564 g/mol. The number of hydrogen-bond donors (Lipinski definition) is 2. The number of aromatic nitrogens is 3. The Balaban J connectivity index is 1.08. The molecule has 1 aliphatic carbocycles. The van der Waals surface area contributed by atoms with Crippen molar-refractivity contribution in [1.82, 2.24) is 25.2 Å². The number of carbonyl (C=O) groups is 2. The van der Waals surface area contributed by atoms with Crippen molar-refractivity contribution >= 4 is 40.0 Å². The minimum Gasteiger partial charge on any atom is -0.368 e. The number of benzene rings is 1.